The number of pyridine rings is 1. The average Bonchev–Trinajstić information content (AvgIpc) is 3.42. The number of imidazole rings is 2. The molecule has 3 aromatic carbocycles. The monoisotopic (exact) mass is 417 g/mol. The molecule has 0 amide bonds. The fourth-order valence-corrected chi connectivity index (χ4v) is 3.72. The lowest BCUT2D eigenvalue weighted by atomic mass is 10.1. The van der Waals surface area contributed by atoms with Gasteiger partial charge in [-0.3, -0.25) is 0 Å². The van der Waals surface area contributed by atoms with Crippen LogP contribution in [-0.2, 0) is 0 Å². The van der Waals surface area contributed by atoms with Crippen molar-refractivity contribution in [3.8, 4) is 11.1 Å². The second kappa shape index (κ2) is 7.55. The van der Waals surface area contributed by atoms with E-state index in [4.69, 9.17) is 4.98 Å². The summed E-state index contributed by atoms with van der Waals surface area (Å²) in [7, 11) is 0. The van der Waals surface area contributed by atoms with Crippen molar-refractivity contribution in [2.24, 2.45) is 0 Å². The molecule has 0 bridgehead atoms. The van der Waals surface area contributed by atoms with Gasteiger partial charge in [0.1, 0.15) is 11.6 Å². The van der Waals surface area contributed by atoms with Crippen LogP contribution in [0.4, 0.5) is 23.5 Å². The number of benzene rings is 3. The topological polar surface area (TPSA) is 94.3 Å². The molecule has 0 fully saturated rings. The molecule has 6 aromatic rings. The van der Waals surface area contributed by atoms with E-state index in [0.717, 1.165) is 33.2 Å². The summed E-state index contributed by atoms with van der Waals surface area (Å²) in [4.78, 5) is 20.5. The zero-order valence-corrected chi connectivity index (χ0v) is 17.0. The third kappa shape index (κ3) is 3.52. The summed E-state index contributed by atoms with van der Waals surface area (Å²) in [5, 5.41) is 6.62. The van der Waals surface area contributed by atoms with E-state index in [1.165, 1.54) is 0 Å². The molecule has 3 heterocycles. The maximum atomic E-state index is 4.75. The van der Waals surface area contributed by atoms with E-state index in [0.29, 0.717) is 23.5 Å². The van der Waals surface area contributed by atoms with E-state index in [2.05, 4.69) is 42.7 Å². The molecule has 154 valence electrons. The Hall–Kier alpha value is -4.65. The molecule has 7 nitrogen and oxygen atoms in total. The van der Waals surface area contributed by atoms with E-state index in [1.54, 1.807) is 0 Å². The molecule has 0 unspecified atom stereocenters. The Balaban J connectivity index is 1.39. The normalized spacial score (nSPS) is 11.1. The van der Waals surface area contributed by atoms with Crippen LogP contribution in [0.5, 0.6) is 0 Å². The van der Waals surface area contributed by atoms with Gasteiger partial charge in [-0.1, -0.05) is 54.6 Å². The predicted octanol–water partition coefficient (Wildman–Crippen LogP) is 5.99. The van der Waals surface area contributed by atoms with Gasteiger partial charge in [-0.25, -0.2) is 15.0 Å². The number of aromatic nitrogens is 5. The summed E-state index contributed by atoms with van der Waals surface area (Å²) < 4.78 is 0. The minimum atomic E-state index is 0.638. The molecule has 0 spiro atoms. The molecule has 0 saturated carbocycles. The van der Waals surface area contributed by atoms with Gasteiger partial charge in [-0.05, 0) is 47.5 Å². The summed E-state index contributed by atoms with van der Waals surface area (Å²) in [5.41, 5.74) is 5.85. The lowest BCUT2D eigenvalue weighted by molar-refractivity contribution is 1.22. The van der Waals surface area contributed by atoms with Crippen LogP contribution < -0.4 is 10.6 Å². The van der Waals surface area contributed by atoms with Crippen molar-refractivity contribution in [3.63, 3.8) is 0 Å². The zero-order valence-electron chi connectivity index (χ0n) is 17.0. The van der Waals surface area contributed by atoms with Gasteiger partial charge in [-0.15, -0.1) is 0 Å². The van der Waals surface area contributed by atoms with Gasteiger partial charge < -0.3 is 20.6 Å². The van der Waals surface area contributed by atoms with E-state index in [-0.39, 0.29) is 0 Å². The molecule has 0 aliphatic heterocycles. The smallest absolute Gasteiger partial charge is 0.206 e. The Morgan fingerprint density at radius 1 is 0.500 bits per heavy atom. The Bertz CT molecular complexity index is 1370. The van der Waals surface area contributed by atoms with Gasteiger partial charge in [0.25, 0.3) is 0 Å². The first-order chi connectivity index (χ1) is 15.8. The van der Waals surface area contributed by atoms with E-state index < -0.39 is 0 Å². The van der Waals surface area contributed by atoms with Crippen LogP contribution in [0.1, 0.15) is 0 Å². The highest BCUT2D eigenvalue weighted by Crippen LogP contribution is 2.28. The van der Waals surface area contributed by atoms with Gasteiger partial charge in [0, 0.05) is 0 Å². The molecule has 0 aliphatic carbocycles. The van der Waals surface area contributed by atoms with Crippen molar-refractivity contribution in [2.45, 2.75) is 0 Å². The number of rotatable bonds is 5. The summed E-state index contributed by atoms with van der Waals surface area (Å²) in [6.45, 7) is 0. The molecule has 6 rings (SSSR count). The van der Waals surface area contributed by atoms with Crippen LogP contribution in [0.25, 0.3) is 33.2 Å². The van der Waals surface area contributed by atoms with Crippen molar-refractivity contribution < 1.29 is 0 Å². The lowest BCUT2D eigenvalue weighted by Crippen LogP contribution is -2.01. The minimum Gasteiger partial charge on any atom is -0.324 e. The van der Waals surface area contributed by atoms with Crippen LogP contribution in [-0.4, -0.2) is 24.9 Å². The largest absolute Gasteiger partial charge is 0.324 e. The van der Waals surface area contributed by atoms with Crippen LogP contribution in [0.3, 0.4) is 0 Å². The Morgan fingerprint density at radius 2 is 1.00 bits per heavy atom. The van der Waals surface area contributed by atoms with Crippen molar-refractivity contribution in [1.29, 1.82) is 0 Å². The Kier molecular flexibility index (Phi) is 4.28. The van der Waals surface area contributed by atoms with Crippen LogP contribution in [0.15, 0.2) is 91.0 Å². The van der Waals surface area contributed by atoms with E-state index >= 15 is 0 Å². The Morgan fingerprint density at radius 3 is 1.53 bits per heavy atom. The molecule has 3 aromatic heterocycles. The number of nitrogens with one attached hydrogen (secondary N) is 4. The van der Waals surface area contributed by atoms with Crippen molar-refractivity contribution in [1.82, 2.24) is 24.9 Å². The van der Waals surface area contributed by atoms with Crippen LogP contribution >= 0.6 is 0 Å². The van der Waals surface area contributed by atoms with Gasteiger partial charge >= 0.3 is 0 Å². The standard InChI is InChI=1S/C25H19N7/c1-2-8-16(9-3-1)17-14-22(31-24-26-18-10-4-5-11-19(18)27-24)30-23(15-17)32-25-28-20-12-6-7-13-21(20)29-25/h1-15H,(H4,26,27,28,29,30,31,32). The molecule has 0 saturated heterocycles. The number of nitrogens with zero attached hydrogens (tertiary/aromatic N) is 3. The van der Waals surface area contributed by atoms with Gasteiger partial charge in [0.05, 0.1) is 22.1 Å². The summed E-state index contributed by atoms with van der Waals surface area (Å²) >= 11 is 0. The number of anilines is 4. The number of para-hydroxylation sites is 4. The molecule has 32 heavy (non-hydrogen) atoms. The van der Waals surface area contributed by atoms with Gasteiger partial charge in [-0.2, -0.15) is 0 Å². The number of aromatic amines is 2. The molecule has 7 heteroatoms. The molecule has 0 atom stereocenters. The maximum Gasteiger partial charge on any atom is 0.206 e. The average molecular weight is 417 g/mol. The molecular weight excluding hydrogens is 398 g/mol. The third-order valence-electron chi connectivity index (χ3n) is 5.20. The van der Waals surface area contributed by atoms with Gasteiger partial charge in [0.15, 0.2) is 0 Å². The highest BCUT2D eigenvalue weighted by molar-refractivity contribution is 5.80. The molecular formula is C25H19N7. The highest BCUT2D eigenvalue weighted by Gasteiger charge is 2.10. The number of hydrogen-bond donors (Lipinski definition) is 4. The summed E-state index contributed by atoms with van der Waals surface area (Å²) in [6.07, 6.45) is 0. The van der Waals surface area contributed by atoms with E-state index in [1.807, 2.05) is 78.9 Å². The fourth-order valence-electron chi connectivity index (χ4n) is 3.72. The summed E-state index contributed by atoms with van der Waals surface area (Å²) in [5.74, 6) is 2.62. The first kappa shape index (κ1) is 18.1. The zero-order chi connectivity index (χ0) is 21.3. The summed E-state index contributed by atoms with van der Waals surface area (Å²) in [6, 6.07) is 30.0. The number of fused-ring (bicyclic) bond motifs is 2. The number of hydrogen-bond acceptors (Lipinski definition) is 5. The predicted molar refractivity (Wildman–Crippen MR) is 128 cm³/mol. The second-order valence-corrected chi connectivity index (χ2v) is 7.45. The fraction of sp³-hybridized carbons (Fsp3) is 0. The van der Waals surface area contributed by atoms with Crippen molar-refractivity contribution in [3.05, 3.63) is 91.0 Å². The lowest BCUT2D eigenvalue weighted by Gasteiger charge is -2.10. The highest BCUT2D eigenvalue weighted by atomic mass is 15.2. The molecule has 0 aliphatic rings. The SMILES string of the molecule is c1ccc(-c2cc(Nc3nc4ccccc4[nH]3)nc(Nc3nc4ccccc4[nH]3)c2)cc1. The van der Waals surface area contributed by atoms with E-state index in [9.17, 15) is 0 Å². The maximum absolute atomic E-state index is 4.75. The van der Waals surface area contributed by atoms with Crippen molar-refractivity contribution >= 4 is 45.6 Å². The second-order valence-electron chi connectivity index (χ2n) is 7.45. The van der Waals surface area contributed by atoms with Crippen LogP contribution in [0, 0.1) is 0 Å². The quantitative estimate of drug-likeness (QED) is 0.276. The molecule has 0 radical (unpaired) electrons. The Labute approximate surface area is 183 Å². The van der Waals surface area contributed by atoms with Gasteiger partial charge in [0.2, 0.25) is 11.9 Å². The first-order valence-corrected chi connectivity index (χ1v) is 10.3. The van der Waals surface area contributed by atoms with Crippen LogP contribution in [0.2, 0.25) is 0 Å². The number of H-pyrrole nitrogens is 2. The van der Waals surface area contributed by atoms with Crippen molar-refractivity contribution in [2.75, 3.05) is 10.6 Å². The molecule has 4 N–H and O–H groups in total. The third-order valence-corrected chi connectivity index (χ3v) is 5.20. The minimum absolute atomic E-state index is 0.638. The first-order valence-electron chi connectivity index (χ1n) is 10.3.